The van der Waals surface area contributed by atoms with Gasteiger partial charge in [0.05, 0.1) is 12.2 Å². The number of rotatable bonds is 5. The highest BCUT2D eigenvalue weighted by Crippen LogP contribution is 2.30. The van der Waals surface area contributed by atoms with Crippen LogP contribution in [0.3, 0.4) is 0 Å². The molecule has 1 saturated carbocycles. The van der Waals surface area contributed by atoms with Crippen molar-refractivity contribution in [3.05, 3.63) is 0 Å². The Morgan fingerprint density at radius 3 is 2.64 bits per heavy atom. The zero-order chi connectivity index (χ0) is 15.2. The summed E-state index contributed by atoms with van der Waals surface area (Å²) >= 11 is 0. The van der Waals surface area contributed by atoms with E-state index in [-0.39, 0.29) is 0 Å². The Labute approximate surface area is 134 Å². The summed E-state index contributed by atoms with van der Waals surface area (Å²) in [5.41, 5.74) is 0. The number of piperidine rings is 1. The molecule has 5 heteroatoms. The number of likely N-dealkylation sites (tertiary alicyclic amines) is 1. The van der Waals surface area contributed by atoms with Gasteiger partial charge in [-0.2, -0.15) is 0 Å². The molecule has 1 N–H and O–H groups in total. The topological polar surface area (TPSA) is 46.1 Å². The number of guanidine groups is 1. The predicted molar refractivity (Wildman–Crippen MR) is 88.2 cm³/mol. The van der Waals surface area contributed by atoms with Gasteiger partial charge in [0.15, 0.2) is 5.96 Å². The molecule has 5 nitrogen and oxygen atoms in total. The third-order valence-corrected chi connectivity index (χ3v) is 4.98. The minimum absolute atomic E-state index is 0.352. The zero-order valence-electron chi connectivity index (χ0n) is 13.9. The van der Waals surface area contributed by atoms with Crippen molar-refractivity contribution in [2.75, 3.05) is 39.9 Å². The molecule has 3 aliphatic rings. The van der Waals surface area contributed by atoms with Crippen LogP contribution < -0.4 is 5.32 Å². The highest BCUT2D eigenvalue weighted by Gasteiger charge is 2.26. The largest absolute Gasteiger partial charge is 0.378 e. The first kappa shape index (κ1) is 16.1. The summed E-state index contributed by atoms with van der Waals surface area (Å²) in [6, 6.07) is 0. The van der Waals surface area contributed by atoms with Crippen molar-refractivity contribution in [2.24, 2.45) is 10.9 Å². The molecule has 22 heavy (non-hydrogen) atoms. The van der Waals surface area contributed by atoms with Crippen molar-refractivity contribution >= 4 is 5.96 Å². The fourth-order valence-electron chi connectivity index (χ4n) is 3.30. The summed E-state index contributed by atoms with van der Waals surface area (Å²) in [4.78, 5) is 6.80. The van der Waals surface area contributed by atoms with E-state index < -0.39 is 0 Å². The summed E-state index contributed by atoms with van der Waals surface area (Å²) in [6.07, 6.45) is 9.45. The van der Waals surface area contributed by atoms with Gasteiger partial charge in [-0.15, -0.1) is 0 Å². The summed E-state index contributed by atoms with van der Waals surface area (Å²) in [6.45, 7) is 4.86. The van der Waals surface area contributed by atoms with Crippen LogP contribution in [0.25, 0.3) is 0 Å². The molecule has 0 aromatic carbocycles. The van der Waals surface area contributed by atoms with Gasteiger partial charge in [-0.25, -0.2) is 0 Å². The lowest BCUT2D eigenvalue weighted by Gasteiger charge is -2.35. The maximum absolute atomic E-state index is 6.02. The molecule has 126 valence electrons. The van der Waals surface area contributed by atoms with E-state index in [1.54, 1.807) is 0 Å². The number of hydrogen-bond acceptors (Lipinski definition) is 3. The molecule has 3 fully saturated rings. The van der Waals surface area contributed by atoms with E-state index in [0.29, 0.717) is 12.2 Å². The average Bonchev–Trinajstić information content (AvgIpc) is 3.40. The van der Waals surface area contributed by atoms with E-state index in [1.807, 2.05) is 7.05 Å². The number of aliphatic imine (C=N–C) groups is 1. The molecule has 2 saturated heterocycles. The van der Waals surface area contributed by atoms with E-state index >= 15 is 0 Å². The smallest absolute Gasteiger partial charge is 0.193 e. The molecule has 1 aliphatic carbocycles. The lowest BCUT2D eigenvalue weighted by atomic mass is 10.1. The van der Waals surface area contributed by atoms with Crippen LogP contribution in [-0.4, -0.2) is 63.0 Å². The quantitative estimate of drug-likeness (QED) is 0.623. The van der Waals surface area contributed by atoms with Crippen molar-refractivity contribution < 1.29 is 9.47 Å². The molecule has 0 spiro atoms. The van der Waals surface area contributed by atoms with Gasteiger partial charge < -0.3 is 19.7 Å². The Morgan fingerprint density at radius 2 is 2.00 bits per heavy atom. The van der Waals surface area contributed by atoms with Gasteiger partial charge in [0.2, 0.25) is 0 Å². The molecule has 1 atom stereocenters. The summed E-state index contributed by atoms with van der Waals surface area (Å²) in [5.74, 6) is 1.89. The van der Waals surface area contributed by atoms with Crippen molar-refractivity contribution in [2.45, 2.75) is 57.2 Å². The summed E-state index contributed by atoms with van der Waals surface area (Å²) in [7, 11) is 1.87. The Balaban J connectivity index is 1.36. The SMILES string of the molecule is CN=C(NCC1CCCCO1)N1CCC(OCC2CC2)CC1. The van der Waals surface area contributed by atoms with Crippen LogP contribution in [0.5, 0.6) is 0 Å². The van der Waals surface area contributed by atoms with Crippen LogP contribution in [0, 0.1) is 5.92 Å². The second-order valence-corrected chi connectivity index (χ2v) is 6.88. The standard InChI is InChI=1S/C17H31N3O2/c1-18-17(19-12-16-4-2-3-11-21-16)20-9-7-15(8-10-20)22-13-14-5-6-14/h14-16H,2-13H2,1H3,(H,18,19). The van der Waals surface area contributed by atoms with Crippen LogP contribution in [0.1, 0.15) is 44.9 Å². The fourth-order valence-corrected chi connectivity index (χ4v) is 3.30. The molecule has 0 radical (unpaired) electrons. The lowest BCUT2D eigenvalue weighted by Crippen LogP contribution is -2.49. The van der Waals surface area contributed by atoms with Gasteiger partial charge >= 0.3 is 0 Å². The fraction of sp³-hybridized carbons (Fsp3) is 0.941. The van der Waals surface area contributed by atoms with Gasteiger partial charge in [0, 0.05) is 39.9 Å². The van der Waals surface area contributed by atoms with Crippen LogP contribution in [0.15, 0.2) is 4.99 Å². The van der Waals surface area contributed by atoms with E-state index in [2.05, 4.69) is 15.2 Å². The van der Waals surface area contributed by atoms with Crippen molar-refractivity contribution in [3.63, 3.8) is 0 Å². The Kier molecular flexibility index (Phi) is 5.96. The second-order valence-electron chi connectivity index (χ2n) is 6.88. The molecule has 1 unspecified atom stereocenters. The zero-order valence-corrected chi connectivity index (χ0v) is 13.9. The number of hydrogen-bond donors (Lipinski definition) is 1. The lowest BCUT2D eigenvalue weighted by molar-refractivity contribution is 0.0110. The van der Waals surface area contributed by atoms with Crippen LogP contribution in [-0.2, 0) is 9.47 Å². The van der Waals surface area contributed by atoms with Crippen molar-refractivity contribution in [3.8, 4) is 0 Å². The molecule has 2 heterocycles. The van der Waals surface area contributed by atoms with Crippen LogP contribution in [0.4, 0.5) is 0 Å². The molecule has 0 aromatic rings. The molecule has 0 aromatic heterocycles. The molecule has 2 aliphatic heterocycles. The average molecular weight is 309 g/mol. The number of nitrogens with one attached hydrogen (secondary N) is 1. The number of ether oxygens (including phenoxy) is 2. The highest BCUT2D eigenvalue weighted by molar-refractivity contribution is 5.80. The normalized spacial score (nSPS) is 28.0. The van der Waals surface area contributed by atoms with Crippen molar-refractivity contribution in [1.29, 1.82) is 0 Å². The summed E-state index contributed by atoms with van der Waals surface area (Å²) < 4.78 is 11.8. The Morgan fingerprint density at radius 1 is 1.18 bits per heavy atom. The molecule has 3 rings (SSSR count). The van der Waals surface area contributed by atoms with Gasteiger partial charge in [-0.05, 0) is 50.9 Å². The molecular weight excluding hydrogens is 278 g/mol. The van der Waals surface area contributed by atoms with Crippen molar-refractivity contribution in [1.82, 2.24) is 10.2 Å². The Bertz CT molecular complexity index is 357. The highest BCUT2D eigenvalue weighted by atomic mass is 16.5. The second kappa shape index (κ2) is 8.16. The maximum Gasteiger partial charge on any atom is 0.193 e. The molecule has 0 amide bonds. The van der Waals surface area contributed by atoms with E-state index in [0.717, 1.165) is 57.6 Å². The van der Waals surface area contributed by atoms with Crippen LogP contribution >= 0.6 is 0 Å². The van der Waals surface area contributed by atoms with Gasteiger partial charge in [0.1, 0.15) is 0 Å². The maximum atomic E-state index is 6.02. The van der Waals surface area contributed by atoms with Crippen LogP contribution in [0.2, 0.25) is 0 Å². The van der Waals surface area contributed by atoms with Gasteiger partial charge in [0.25, 0.3) is 0 Å². The molecule has 0 bridgehead atoms. The minimum atomic E-state index is 0.352. The first-order valence-corrected chi connectivity index (χ1v) is 9.04. The van der Waals surface area contributed by atoms with E-state index in [9.17, 15) is 0 Å². The number of nitrogens with zero attached hydrogens (tertiary/aromatic N) is 2. The third-order valence-electron chi connectivity index (χ3n) is 4.98. The monoisotopic (exact) mass is 309 g/mol. The predicted octanol–water partition coefficient (Wildman–Crippen LogP) is 2.02. The van der Waals surface area contributed by atoms with Gasteiger partial charge in [-0.1, -0.05) is 0 Å². The first-order chi connectivity index (χ1) is 10.8. The van der Waals surface area contributed by atoms with E-state index in [1.165, 1.54) is 32.1 Å². The van der Waals surface area contributed by atoms with E-state index in [4.69, 9.17) is 9.47 Å². The van der Waals surface area contributed by atoms with Gasteiger partial charge in [-0.3, -0.25) is 4.99 Å². The molecular formula is C17H31N3O2. The summed E-state index contributed by atoms with van der Waals surface area (Å²) in [5, 5.41) is 3.49. The third kappa shape index (κ3) is 4.85. The first-order valence-electron chi connectivity index (χ1n) is 9.04. The Hall–Kier alpha value is -0.810. The minimum Gasteiger partial charge on any atom is -0.378 e.